The van der Waals surface area contributed by atoms with Crippen LogP contribution in [0.3, 0.4) is 0 Å². The van der Waals surface area contributed by atoms with Gasteiger partial charge in [-0.3, -0.25) is 28.7 Å². The Labute approximate surface area is 212 Å². The van der Waals surface area contributed by atoms with Crippen molar-refractivity contribution in [3.63, 3.8) is 0 Å². The van der Waals surface area contributed by atoms with Gasteiger partial charge in [0.2, 0.25) is 11.8 Å². The molecule has 0 aromatic rings. The lowest BCUT2D eigenvalue weighted by atomic mass is 9.91. The maximum atomic E-state index is 13.2. The number of carbonyl (C=O) groups excluding carboxylic acids is 5. The van der Waals surface area contributed by atoms with E-state index in [0.717, 1.165) is 0 Å². The number of ketones is 1. The quantitative estimate of drug-likeness (QED) is 0.294. The summed E-state index contributed by atoms with van der Waals surface area (Å²) in [6.45, 7) is 4.89. The van der Waals surface area contributed by atoms with Gasteiger partial charge >= 0.3 is 18.2 Å². The molecule has 2 heterocycles. The van der Waals surface area contributed by atoms with Crippen molar-refractivity contribution < 1.29 is 46.6 Å². The molecule has 4 amide bonds. The van der Waals surface area contributed by atoms with E-state index in [-0.39, 0.29) is 24.7 Å². The fourth-order valence-electron chi connectivity index (χ4n) is 4.12. The molecule has 1 unspecified atom stereocenters. The topological polar surface area (TPSA) is 152 Å². The van der Waals surface area contributed by atoms with E-state index < -0.39 is 60.0 Å². The highest BCUT2D eigenvalue weighted by atomic mass is 19.4. The van der Waals surface area contributed by atoms with Crippen LogP contribution in [0, 0.1) is 11.8 Å². The Morgan fingerprint density at radius 3 is 2.19 bits per heavy atom. The zero-order valence-corrected chi connectivity index (χ0v) is 21.2. The molecule has 0 saturated carbocycles. The number of nitrogens with one attached hydrogen (secondary N) is 4. The fourth-order valence-corrected chi connectivity index (χ4v) is 4.12. The summed E-state index contributed by atoms with van der Waals surface area (Å²) in [6, 6.07) is -2.72. The highest BCUT2D eigenvalue weighted by Crippen LogP contribution is 2.22. The predicted octanol–water partition coefficient (Wildman–Crippen LogP) is 0.319. The Bertz CT molecular complexity index is 854. The van der Waals surface area contributed by atoms with Gasteiger partial charge in [-0.15, -0.1) is 13.2 Å². The van der Waals surface area contributed by atoms with E-state index in [0.29, 0.717) is 39.0 Å². The molecule has 2 rings (SSSR count). The highest BCUT2D eigenvalue weighted by molar-refractivity contribution is 6.35. The average Bonchev–Trinajstić information content (AvgIpc) is 3.19. The maximum Gasteiger partial charge on any atom is 0.522 e. The van der Waals surface area contributed by atoms with Crippen LogP contribution in [0.15, 0.2) is 0 Å². The second-order valence-electron chi connectivity index (χ2n) is 10.3. The first-order valence-corrected chi connectivity index (χ1v) is 12.2. The molecule has 37 heavy (non-hydrogen) atoms. The van der Waals surface area contributed by atoms with Crippen LogP contribution in [0.4, 0.5) is 13.2 Å². The molecule has 4 N–H and O–H groups in total. The zero-order valence-electron chi connectivity index (χ0n) is 21.2. The summed E-state index contributed by atoms with van der Waals surface area (Å²) in [5.74, 6) is -5.08. The van der Waals surface area contributed by atoms with Crippen LogP contribution in [0.25, 0.3) is 0 Å². The fraction of sp³-hybridized carbons (Fsp3) is 0.783. The summed E-state index contributed by atoms with van der Waals surface area (Å²) in [7, 11) is 0. The van der Waals surface area contributed by atoms with Crippen LogP contribution < -0.4 is 21.3 Å². The third-order valence-corrected chi connectivity index (χ3v) is 5.99. The minimum absolute atomic E-state index is 0.0428. The van der Waals surface area contributed by atoms with Gasteiger partial charge in [0.05, 0.1) is 6.04 Å². The van der Waals surface area contributed by atoms with Crippen molar-refractivity contribution in [2.24, 2.45) is 11.8 Å². The maximum absolute atomic E-state index is 13.2. The molecule has 0 radical (unpaired) electrons. The van der Waals surface area contributed by atoms with Gasteiger partial charge < -0.3 is 26.0 Å². The van der Waals surface area contributed by atoms with Crippen molar-refractivity contribution in [3.8, 4) is 0 Å². The smallest absolute Gasteiger partial charge is 0.381 e. The molecular weight excluding hydrogens is 501 g/mol. The summed E-state index contributed by atoms with van der Waals surface area (Å²) in [5, 5.41) is 9.83. The Kier molecular flexibility index (Phi) is 10.9. The number of halogens is 3. The van der Waals surface area contributed by atoms with E-state index in [2.05, 4.69) is 26.0 Å². The SMILES string of the molecule is CC(C)(C)NC(=O)C(=O)NC(CC1CCOCC1)C(=O)N[C@@H](C[C@@H]1CCNC1=O)C(=O)COC(F)(F)F. The van der Waals surface area contributed by atoms with Crippen LogP contribution in [-0.2, 0) is 33.4 Å². The molecule has 0 aliphatic carbocycles. The molecule has 0 spiro atoms. The van der Waals surface area contributed by atoms with Gasteiger partial charge in [0.1, 0.15) is 12.6 Å². The molecular formula is C23H35F3N4O7. The predicted molar refractivity (Wildman–Crippen MR) is 123 cm³/mol. The number of hydrogen-bond donors (Lipinski definition) is 4. The van der Waals surface area contributed by atoms with Gasteiger partial charge in [-0.05, 0) is 58.8 Å². The van der Waals surface area contributed by atoms with Crippen molar-refractivity contribution in [2.45, 2.75) is 76.9 Å². The number of alkyl halides is 3. The van der Waals surface area contributed by atoms with Crippen LogP contribution in [0.5, 0.6) is 0 Å². The Morgan fingerprint density at radius 2 is 1.65 bits per heavy atom. The van der Waals surface area contributed by atoms with Gasteiger partial charge in [0, 0.05) is 31.2 Å². The lowest BCUT2D eigenvalue weighted by Crippen LogP contribution is -2.56. The minimum atomic E-state index is -5.06. The summed E-state index contributed by atoms with van der Waals surface area (Å²) in [5.41, 5.74) is -0.718. The van der Waals surface area contributed by atoms with Gasteiger partial charge in [-0.2, -0.15) is 0 Å². The third-order valence-electron chi connectivity index (χ3n) is 5.99. The monoisotopic (exact) mass is 536 g/mol. The molecule has 2 aliphatic heterocycles. The van der Waals surface area contributed by atoms with E-state index in [9.17, 15) is 37.1 Å². The summed E-state index contributed by atoms with van der Waals surface area (Å²) in [4.78, 5) is 62.6. The first-order chi connectivity index (χ1) is 17.1. The molecule has 0 aromatic carbocycles. The highest BCUT2D eigenvalue weighted by Gasteiger charge is 2.37. The number of ether oxygens (including phenoxy) is 2. The molecule has 2 fully saturated rings. The second kappa shape index (κ2) is 13.2. The zero-order chi connectivity index (χ0) is 27.8. The lowest BCUT2D eigenvalue weighted by Gasteiger charge is -2.29. The van der Waals surface area contributed by atoms with E-state index >= 15 is 0 Å². The lowest BCUT2D eigenvalue weighted by molar-refractivity contribution is -0.321. The van der Waals surface area contributed by atoms with Gasteiger partial charge in [0.25, 0.3) is 0 Å². The molecule has 11 nitrogen and oxygen atoms in total. The van der Waals surface area contributed by atoms with E-state index in [1.54, 1.807) is 20.8 Å². The van der Waals surface area contributed by atoms with Crippen molar-refractivity contribution in [2.75, 3.05) is 26.4 Å². The van der Waals surface area contributed by atoms with Crippen LogP contribution in [0.1, 0.15) is 52.9 Å². The molecule has 2 aliphatic rings. The van der Waals surface area contributed by atoms with Crippen LogP contribution >= 0.6 is 0 Å². The molecule has 0 aromatic heterocycles. The molecule has 3 atom stereocenters. The standard InChI is InChI=1S/C23H35F3N4O7/c1-22(2,3)30-21(35)20(34)29-16(10-13-5-8-36-9-6-13)19(33)28-15(11-14-4-7-27-18(14)32)17(31)12-37-23(24,25)26/h13-16H,4-12H2,1-3H3,(H,27,32)(H,28,33)(H,29,34)(H,30,35)/t14-,15-,16?/m0/s1. The summed E-state index contributed by atoms with van der Waals surface area (Å²) >= 11 is 0. The van der Waals surface area contributed by atoms with Crippen molar-refractivity contribution >= 4 is 29.4 Å². The average molecular weight is 537 g/mol. The number of Topliss-reactive ketones (excluding diaryl/α,β-unsaturated/α-hetero) is 1. The first-order valence-electron chi connectivity index (χ1n) is 12.2. The number of rotatable bonds is 10. The Balaban J connectivity index is 2.18. The van der Waals surface area contributed by atoms with Gasteiger partial charge in [-0.1, -0.05) is 0 Å². The Hall–Kier alpha value is -2.74. The van der Waals surface area contributed by atoms with Crippen molar-refractivity contribution in [1.82, 2.24) is 21.3 Å². The first kappa shape index (κ1) is 30.5. The van der Waals surface area contributed by atoms with Crippen LogP contribution in [-0.4, -0.2) is 79.8 Å². The van der Waals surface area contributed by atoms with E-state index in [1.165, 1.54) is 0 Å². The summed E-state index contributed by atoms with van der Waals surface area (Å²) < 4.78 is 46.5. The van der Waals surface area contributed by atoms with Crippen LogP contribution in [0.2, 0.25) is 0 Å². The number of hydrogen-bond acceptors (Lipinski definition) is 7. The normalized spacial score (nSPS) is 20.5. The van der Waals surface area contributed by atoms with E-state index in [4.69, 9.17) is 4.74 Å². The molecule has 210 valence electrons. The second-order valence-corrected chi connectivity index (χ2v) is 10.3. The Morgan fingerprint density at radius 1 is 1.00 bits per heavy atom. The van der Waals surface area contributed by atoms with Crippen molar-refractivity contribution in [1.29, 1.82) is 0 Å². The molecule has 0 bridgehead atoms. The summed E-state index contributed by atoms with van der Waals surface area (Å²) in [6.07, 6.45) is -3.65. The third kappa shape index (κ3) is 11.0. The molecule has 14 heteroatoms. The van der Waals surface area contributed by atoms with E-state index in [1.807, 2.05) is 0 Å². The van der Waals surface area contributed by atoms with Gasteiger partial charge in [-0.25, -0.2) is 0 Å². The van der Waals surface area contributed by atoms with Crippen molar-refractivity contribution in [3.05, 3.63) is 0 Å². The minimum Gasteiger partial charge on any atom is -0.381 e. The largest absolute Gasteiger partial charge is 0.522 e. The number of amides is 4. The number of carbonyl (C=O) groups is 5. The molecule has 2 saturated heterocycles. The van der Waals surface area contributed by atoms with Gasteiger partial charge in [0.15, 0.2) is 5.78 Å².